The fourth-order valence-electron chi connectivity index (χ4n) is 4.27. The molecule has 0 saturated carbocycles. The van der Waals surface area contributed by atoms with Gasteiger partial charge in [-0.1, -0.05) is 12.1 Å². The van der Waals surface area contributed by atoms with Crippen LogP contribution in [0.1, 0.15) is 54.4 Å². The van der Waals surface area contributed by atoms with Gasteiger partial charge in [-0.25, -0.2) is 0 Å². The van der Waals surface area contributed by atoms with Gasteiger partial charge in [-0.3, -0.25) is 14.6 Å². The van der Waals surface area contributed by atoms with Crippen LogP contribution >= 0.6 is 0 Å². The highest BCUT2D eigenvalue weighted by molar-refractivity contribution is 5.94. The first-order valence-corrected chi connectivity index (χ1v) is 10.7. The first-order chi connectivity index (χ1) is 14.1. The fourth-order valence-corrected chi connectivity index (χ4v) is 4.27. The number of nitrogens with zero attached hydrogens (tertiary/aromatic N) is 3. The maximum absolute atomic E-state index is 12.6. The largest absolute Gasteiger partial charge is 0.370 e. The lowest BCUT2D eigenvalue weighted by Crippen LogP contribution is -2.46. The average molecular weight is 400 g/mol. The number of amides is 2. The predicted octanol–water partition coefficient (Wildman–Crippen LogP) is 1.98. The molecule has 0 radical (unpaired) electrons. The Balaban J connectivity index is 1.53. The van der Waals surface area contributed by atoms with Gasteiger partial charge in [0, 0.05) is 51.8 Å². The van der Waals surface area contributed by atoms with Crippen molar-refractivity contribution in [3.63, 3.8) is 0 Å². The molecule has 1 atom stereocenters. The van der Waals surface area contributed by atoms with Crippen LogP contribution in [0.15, 0.2) is 29.3 Å². The number of benzene rings is 1. The number of hydrogen-bond donors (Lipinski definition) is 2. The topological polar surface area (TPSA) is 91.0 Å². The Hall–Kier alpha value is -2.57. The molecule has 3 N–H and O–H groups in total. The minimum Gasteiger partial charge on any atom is -0.370 e. The van der Waals surface area contributed by atoms with Crippen molar-refractivity contribution < 1.29 is 9.59 Å². The van der Waals surface area contributed by atoms with Crippen molar-refractivity contribution in [3.05, 3.63) is 35.4 Å². The van der Waals surface area contributed by atoms with E-state index in [0.29, 0.717) is 18.9 Å². The van der Waals surface area contributed by atoms with Gasteiger partial charge in [-0.15, -0.1) is 0 Å². The highest BCUT2D eigenvalue weighted by Gasteiger charge is 2.23. The van der Waals surface area contributed by atoms with E-state index >= 15 is 0 Å². The number of hydrogen-bond acceptors (Lipinski definition) is 3. The third-order valence-electron chi connectivity index (χ3n) is 5.81. The van der Waals surface area contributed by atoms with Gasteiger partial charge in [-0.05, 0) is 55.7 Å². The Kier molecular flexibility index (Phi) is 7.49. The Morgan fingerprint density at radius 1 is 1.07 bits per heavy atom. The maximum Gasteiger partial charge on any atom is 0.253 e. The van der Waals surface area contributed by atoms with Gasteiger partial charge in [-0.2, -0.15) is 0 Å². The predicted molar refractivity (Wildman–Crippen MR) is 115 cm³/mol. The van der Waals surface area contributed by atoms with Gasteiger partial charge in [0.15, 0.2) is 5.96 Å². The van der Waals surface area contributed by atoms with Crippen molar-refractivity contribution in [3.8, 4) is 0 Å². The summed E-state index contributed by atoms with van der Waals surface area (Å²) in [7, 11) is 1.78. The molecule has 2 aliphatic rings. The van der Waals surface area contributed by atoms with Crippen LogP contribution in [0.3, 0.4) is 0 Å². The quantitative estimate of drug-likeness (QED) is 0.585. The molecular formula is C22H33N5O2. The van der Waals surface area contributed by atoms with Crippen molar-refractivity contribution in [2.75, 3.05) is 33.2 Å². The van der Waals surface area contributed by atoms with Crippen LogP contribution in [0, 0.1) is 5.92 Å². The third-order valence-corrected chi connectivity index (χ3v) is 5.81. The number of rotatable bonds is 5. The molecule has 1 aromatic rings. The lowest BCUT2D eigenvalue weighted by Gasteiger charge is -2.34. The number of likely N-dealkylation sites (tertiary alicyclic amines) is 2. The molecular weight excluding hydrogens is 366 g/mol. The SMILES string of the molecule is CN=C(NCc1ccc(C(=O)N2CCCCC2)cc1)N1CCCC(CC(N)=O)C1. The summed E-state index contributed by atoms with van der Waals surface area (Å²) in [6.07, 6.45) is 5.91. The van der Waals surface area contributed by atoms with Gasteiger partial charge < -0.3 is 20.9 Å². The van der Waals surface area contributed by atoms with Crippen molar-refractivity contribution in [1.82, 2.24) is 15.1 Å². The van der Waals surface area contributed by atoms with Crippen molar-refractivity contribution in [2.45, 2.75) is 45.1 Å². The van der Waals surface area contributed by atoms with Crippen LogP contribution < -0.4 is 11.1 Å². The zero-order chi connectivity index (χ0) is 20.6. The first kappa shape index (κ1) is 21.1. The van der Waals surface area contributed by atoms with Crippen LogP contribution in [0.5, 0.6) is 0 Å². The van der Waals surface area contributed by atoms with Crippen LogP contribution in [0.4, 0.5) is 0 Å². The number of piperidine rings is 2. The lowest BCUT2D eigenvalue weighted by atomic mass is 9.95. The Morgan fingerprint density at radius 3 is 2.41 bits per heavy atom. The summed E-state index contributed by atoms with van der Waals surface area (Å²) in [4.78, 5) is 32.4. The monoisotopic (exact) mass is 399 g/mol. The highest BCUT2D eigenvalue weighted by Crippen LogP contribution is 2.19. The second-order valence-corrected chi connectivity index (χ2v) is 8.08. The van der Waals surface area contributed by atoms with E-state index in [1.54, 1.807) is 7.05 Å². The molecule has 1 aromatic carbocycles. The number of nitrogens with one attached hydrogen (secondary N) is 1. The molecule has 1 unspecified atom stereocenters. The molecule has 2 aliphatic heterocycles. The highest BCUT2D eigenvalue weighted by atomic mass is 16.2. The van der Waals surface area contributed by atoms with Crippen LogP contribution in [0.2, 0.25) is 0 Å². The van der Waals surface area contributed by atoms with Gasteiger partial charge in [0.1, 0.15) is 0 Å². The normalized spacial score (nSPS) is 20.4. The number of nitrogens with two attached hydrogens (primary N) is 1. The third kappa shape index (κ3) is 5.95. The van der Waals surface area contributed by atoms with Crippen LogP contribution in [0.25, 0.3) is 0 Å². The number of aliphatic imine (C=N–C) groups is 1. The number of guanidine groups is 1. The molecule has 0 spiro atoms. The van der Waals surface area contributed by atoms with Crippen molar-refractivity contribution >= 4 is 17.8 Å². The van der Waals surface area contributed by atoms with E-state index in [1.165, 1.54) is 6.42 Å². The molecule has 2 fully saturated rings. The summed E-state index contributed by atoms with van der Waals surface area (Å²) in [5, 5.41) is 3.41. The molecule has 2 saturated heterocycles. The number of carbonyl (C=O) groups excluding carboxylic acids is 2. The van der Waals surface area contributed by atoms with Crippen molar-refractivity contribution in [2.24, 2.45) is 16.6 Å². The molecule has 0 aliphatic carbocycles. The standard InChI is InChI=1S/C22H33N5O2/c1-24-22(27-13-5-6-18(16-27)14-20(23)28)25-15-17-7-9-19(10-8-17)21(29)26-11-3-2-4-12-26/h7-10,18H,2-6,11-16H2,1H3,(H2,23,28)(H,24,25). The molecule has 7 heteroatoms. The summed E-state index contributed by atoms with van der Waals surface area (Å²) in [5.41, 5.74) is 7.22. The zero-order valence-corrected chi connectivity index (χ0v) is 17.4. The number of carbonyl (C=O) groups is 2. The van der Waals surface area contributed by atoms with Gasteiger partial charge in [0.05, 0.1) is 0 Å². The lowest BCUT2D eigenvalue weighted by molar-refractivity contribution is -0.119. The van der Waals surface area contributed by atoms with E-state index in [0.717, 1.165) is 68.9 Å². The van der Waals surface area contributed by atoms with Crippen LogP contribution in [-0.2, 0) is 11.3 Å². The molecule has 3 rings (SSSR count). The van der Waals surface area contributed by atoms with Gasteiger partial charge >= 0.3 is 0 Å². The Labute approximate surface area is 173 Å². The summed E-state index contributed by atoms with van der Waals surface area (Å²) < 4.78 is 0. The Bertz CT molecular complexity index is 725. The Morgan fingerprint density at radius 2 is 1.76 bits per heavy atom. The van der Waals surface area contributed by atoms with E-state index in [1.807, 2.05) is 29.2 Å². The maximum atomic E-state index is 12.6. The van der Waals surface area contributed by atoms with Gasteiger partial charge in [0.2, 0.25) is 5.91 Å². The minimum absolute atomic E-state index is 0.133. The van der Waals surface area contributed by atoms with E-state index in [2.05, 4.69) is 15.2 Å². The molecule has 0 bridgehead atoms. The smallest absolute Gasteiger partial charge is 0.253 e. The molecule has 2 amide bonds. The average Bonchev–Trinajstić information content (AvgIpc) is 2.74. The fraction of sp³-hybridized carbons (Fsp3) is 0.591. The van der Waals surface area contributed by atoms with E-state index in [4.69, 9.17) is 5.73 Å². The van der Waals surface area contributed by atoms with E-state index < -0.39 is 0 Å². The van der Waals surface area contributed by atoms with E-state index in [-0.39, 0.29) is 11.8 Å². The molecule has 0 aromatic heterocycles. The van der Waals surface area contributed by atoms with Crippen LogP contribution in [-0.4, -0.2) is 60.8 Å². The minimum atomic E-state index is -0.237. The van der Waals surface area contributed by atoms with Gasteiger partial charge in [0.25, 0.3) is 5.91 Å². The molecule has 158 valence electrons. The first-order valence-electron chi connectivity index (χ1n) is 10.7. The van der Waals surface area contributed by atoms with E-state index in [9.17, 15) is 9.59 Å². The zero-order valence-electron chi connectivity index (χ0n) is 17.4. The number of primary amides is 1. The second-order valence-electron chi connectivity index (χ2n) is 8.08. The summed E-state index contributed by atoms with van der Waals surface area (Å²) in [6, 6.07) is 7.84. The summed E-state index contributed by atoms with van der Waals surface area (Å²) >= 11 is 0. The van der Waals surface area contributed by atoms with Crippen molar-refractivity contribution in [1.29, 1.82) is 0 Å². The second kappa shape index (κ2) is 10.3. The summed E-state index contributed by atoms with van der Waals surface area (Å²) in [6.45, 7) is 4.10. The molecule has 2 heterocycles. The molecule has 7 nitrogen and oxygen atoms in total. The summed E-state index contributed by atoms with van der Waals surface area (Å²) in [5.74, 6) is 1.03. The molecule has 29 heavy (non-hydrogen) atoms.